The fourth-order valence-electron chi connectivity index (χ4n) is 2.15. The Morgan fingerprint density at radius 3 is 2.40 bits per heavy atom. The van der Waals surface area contributed by atoms with E-state index in [2.05, 4.69) is 24.1 Å². The smallest absolute Gasteiger partial charge is 0.244 e. The molecule has 0 aliphatic carbocycles. The van der Waals surface area contributed by atoms with E-state index in [1.54, 1.807) is 19.3 Å². The monoisotopic (exact) mass is 301 g/mol. The molecule has 0 aromatic carbocycles. The van der Waals surface area contributed by atoms with Crippen LogP contribution in [0.5, 0.6) is 0 Å². The zero-order chi connectivity index (χ0) is 15.3. The Morgan fingerprint density at radius 1 is 1.30 bits per heavy atom. The van der Waals surface area contributed by atoms with Crippen molar-refractivity contribution in [2.45, 2.75) is 64.1 Å². The molecule has 0 amide bonds. The zero-order valence-corrected chi connectivity index (χ0v) is 13.9. The Morgan fingerprint density at radius 2 is 1.90 bits per heavy atom. The summed E-state index contributed by atoms with van der Waals surface area (Å²) < 4.78 is 26.5. The van der Waals surface area contributed by atoms with Gasteiger partial charge in [0, 0.05) is 37.6 Å². The summed E-state index contributed by atoms with van der Waals surface area (Å²) in [6.45, 7) is 8.77. The molecule has 1 heterocycles. The van der Waals surface area contributed by atoms with Gasteiger partial charge >= 0.3 is 0 Å². The summed E-state index contributed by atoms with van der Waals surface area (Å²) in [5, 5.41) is 3.26. The van der Waals surface area contributed by atoms with E-state index in [9.17, 15) is 8.42 Å². The minimum Gasteiger partial charge on any atom is -0.363 e. The summed E-state index contributed by atoms with van der Waals surface area (Å²) in [7, 11) is -1.75. The van der Waals surface area contributed by atoms with Crippen LogP contribution < -0.4 is 5.32 Å². The molecule has 20 heavy (non-hydrogen) atoms. The van der Waals surface area contributed by atoms with Crippen molar-refractivity contribution in [3.8, 4) is 0 Å². The number of nitrogens with zero attached hydrogens (tertiary/aromatic N) is 1. The normalized spacial score (nSPS) is 12.8. The molecule has 0 saturated carbocycles. The molecule has 0 spiro atoms. The number of nitrogens with one attached hydrogen (secondary N) is 2. The summed E-state index contributed by atoms with van der Waals surface area (Å²) in [6.07, 6.45) is 3.21. The van der Waals surface area contributed by atoms with Crippen LogP contribution in [0.3, 0.4) is 0 Å². The van der Waals surface area contributed by atoms with Crippen molar-refractivity contribution in [1.29, 1.82) is 0 Å². The first kappa shape index (κ1) is 17.2. The van der Waals surface area contributed by atoms with Gasteiger partial charge in [0.2, 0.25) is 10.0 Å². The van der Waals surface area contributed by atoms with Crippen LogP contribution in [0.15, 0.2) is 17.2 Å². The summed E-state index contributed by atoms with van der Waals surface area (Å²) in [6, 6.07) is 2.13. The summed E-state index contributed by atoms with van der Waals surface area (Å²) in [4.78, 5) is 3.37. The predicted octanol–water partition coefficient (Wildman–Crippen LogP) is 2.32. The number of sulfonamides is 1. The molecular formula is C14H27N3O2S. The molecule has 0 atom stereocenters. The number of aromatic amines is 1. The molecule has 6 heteroatoms. The Labute approximate surface area is 122 Å². The maximum Gasteiger partial charge on any atom is 0.244 e. The fourth-order valence-corrected chi connectivity index (χ4v) is 3.67. The number of hydrogen-bond acceptors (Lipinski definition) is 3. The van der Waals surface area contributed by atoms with Crippen molar-refractivity contribution in [2.75, 3.05) is 7.05 Å². The summed E-state index contributed by atoms with van der Waals surface area (Å²) in [5.74, 6) is 0. The standard InChI is InChI=1S/C14H27N3O2S/c1-6-13(7-2)17(5)20(18,19)14-8-12(16-10-14)9-15-11(3)4/h8,10-11,13,15-16H,6-7,9H2,1-5H3. The van der Waals surface area contributed by atoms with Crippen LogP contribution in [0, 0.1) is 0 Å². The summed E-state index contributed by atoms with van der Waals surface area (Å²) in [5.41, 5.74) is 0.884. The maximum absolute atomic E-state index is 12.5. The van der Waals surface area contributed by atoms with Gasteiger partial charge in [-0.1, -0.05) is 27.7 Å². The molecule has 0 fully saturated rings. The Bertz CT molecular complexity index is 504. The molecule has 1 aromatic heterocycles. The van der Waals surface area contributed by atoms with Crippen LogP contribution in [0.4, 0.5) is 0 Å². The second-order valence-electron chi connectivity index (χ2n) is 5.39. The highest BCUT2D eigenvalue weighted by molar-refractivity contribution is 7.89. The van der Waals surface area contributed by atoms with Crippen molar-refractivity contribution in [2.24, 2.45) is 0 Å². The molecule has 2 N–H and O–H groups in total. The third kappa shape index (κ3) is 4.07. The van der Waals surface area contributed by atoms with Gasteiger partial charge in [-0.15, -0.1) is 0 Å². The number of aromatic nitrogens is 1. The molecule has 1 aromatic rings. The van der Waals surface area contributed by atoms with Gasteiger partial charge < -0.3 is 10.3 Å². The minimum absolute atomic E-state index is 0.0483. The lowest BCUT2D eigenvalue weighted by Crippen LogP contribution is -2.36. The first-order valence-corrected chi connectivity index (χ1v) is 8.65. The van der Waals surface area contributed by atoms with Crippen LogP contribution in [0.25, 0.3) is 0 Å². The van der Waals surface area contributed by atoms with E-state index in [0.29, 0.717) is 17.5 Å². The van der Waals surface area contributed by atoms with Crippen molar-refractivity contribution >= 4 is 10.0 Å². The van der Waals surface area contributed by atoms with Crippen LogP contribution >= 0.6 is 0 Å². The quantitative estimate of drug-likeness (QED) is 0.774. The Hall–Kier alpha value is -0.850. The highest BCUT2D eigenvalue weighted by Gasteiger charge is 2.26. The number of hydrogen-bond donors (Lipinski definition) is 2. The molecule has 0 saturated heterocycles. The van der Waals surface area contributed by atoms with Crippen LogP contribution in [-0.2, 0) is 16.6 Å². The van der Waals surface area contributed by atoms with Gasteiger partial charge in [-0.05, 0) is 18.9 Å². The van der Waals surface area contributed by atoms with E-state index in [4.69, 9.17) is 0 Å². The highest BCUT2D eigenvalue weighted by atomic mass is 32.2. The average molecular weight is 301 g/mol. The van der Waals surface area contributed by atoms with Crippen LogP contribution in [-0.4, -0.2) is 36.8 Å². The molecule has 0 radical (unpaired) electrons. The van der Waals surface area contributed by atoms with Gasteiger partial charge in [-0.25, -0.2) is 8.42 Å². The lowest BCUT2D eigenvalue weighted by molar-refractivity contribution is 0.350. The molecular weight excluding hydrogens is 274 g/mol. The largest absolute Gasteiger partial charge is 0.363 e. The second kappa shape index (κ2) is 7.24. The van der Waals surface area contributed by atoms with Crippen molar-refractivity contribution in [3.05, 3.63) is 18.0 Å². The second-order valence-corrected chi connectivity index (χ2v) is 7.39. The molecule has 0 aliphatic heterocycles. The van der Waals surface area contributed by atoms with Gasteiger partial charge in [-0.2, -0.15) is 4.31 Å². The van der Waals surface area contributed by atoms with Gasteiger partial charge in [0.05, 0.1) is 4.90 Å². The third-order valence-corrected chi connectivity index (χ3v) is 5.44. The topological polar surface area (TPSA) is 65.2 Å². The lowest BCUT2D eigenvalue weighted by Gasteiger charge is -2.24. The Balaban J connectivity index is 2.87. The van der Waals surface area contributed by atoms with Crippen molar-refractivity contribution in [3.63, 3.8) is 0 Å². The first-order valence-electron chi connectivity index (χ1n) is 7.21. The predicted molar refractivity (Wildman–Crippen MR) is 82.1 cm³/mol. The lowest BCUT2D eigenvalue weighted by atomic mass is 10.2. The number of rotatable bonds is 8. The summed E-state index contributed by atoms with van der Waals surface area (Å²) >= 11 is 0. The van der Waals surface area contributed by atoms with Gasteiger partial charge in [0.15, 0.2) is 0 Å². The van der Waals surface area contributed by atoms with Gasteiger partial charge in [0.25, 0.3) is 0 Å². The minimum atomic E-state index is -3.41. The molecule has 5 nitrogen and oxygen atoms in total. The fraction of sp³-hybridized carbons (Fsp3) is 0.714. The highest BCUT2D eigenvalue weighted by Crippen LogP contribution is 2.20. The van der Waals surface area contributed by atoms with Crippen LogP contribution in [0.2, 0.25) is 0 Å². The van der Waals surface area contributed by atoms with Crippen LogP contribution in [0.1, 0.15) is 46.2 Å². The van der Waals surface area contributed by atoms with E-state index >= 15 is 0 Å². The molecule has 0 bridgehead atoms. The van der Waals surface area contributed by atoms with E-state index in [0.717, 1.165) is 18.5 Å². The molecule has 116 valence electrons. The molecule has 0 unspecified atom stereocenters. The average Bonchev–Trinajstić information content (AvgIpc) is 2.87. The van der Waals surface area contributed by atoms with Gasteiger partial charge in [0.1, 0.15) is 0 Å². The molecule has 0 aliphatic rings. The zero-order valence-electron chi connectivity index (χ0n) is 13.1. The third-order valence-electron chi connectivity index (χ3n) is 3.55. The first-order chi connectivity index (χ1) is 9.32. The SMILES string of the molecule is CCC(CC)N(C)S(=O)(=O)c1c[nH]c(CNC(C)C)c1. The Kier molecular flexibility index (Phi) is 6.23. The van der Waals surface area contributed by atoms with E-state index < -0.39 is 10.0 Å². The number of H-pyrrole nitrogens is 1. The van der Waals surface area contributed by atoms with E-state index in [1.807, 2.05) is 13.8 Å². The molecule has 1 rings (SSSR count). The van der Waals surface area contributed by atoms with Crippen molar-refractivity contribution in [1.82, 2.24) is 14.6 Å². The van der Waals surface area contributed by atoms with Crippen molar-refractivity contribution < 1.29 is 8.42 Å². The maximum atomic E-state index is 12.5. The van der Waals surface area contributed by atoms with E-state index in [-0.39, 0.29) is 6.04 Å². The van der Waals surface area contributed by atoms with Gasteiger partial charge in [-0.3, -0.25) is 0 Å². The van der Waals surface area contributed by atoms with E-state index in [1.165, 1.54) is 4.31 Å².